The van der Waals surface area contributed by atoms with E-state index in [-0.39, 0.29) is 12.9 Å². The standard InChI is InChI=1S/C23H21ClN4O3S2/c1-13-8-17(5-6-18(13)24)31-14(2)21-26-27-23(28(21)3)33-11-16-10-32-22(25-16)15-4-7-19-20(9-15)30-12-29-19/h4-10,14H,11-12H2,1-3H3. The molecule has 5 rings (SSSR count). The summed E-state index contributed by atoms with van der Waals surface area (Å²) in [5.74, 6) is 3.73. The number of aromatic nitrogens is 4. The Hall–Kier alpha value is -2.75. The van der Waals surface area contributed by atoms with Gasteiger partial charge in [0.05, 0.1) is 5.69 Å². The SMILES string of the molecule is Cc1cc(OC(C)c2nnc(SCc3csc(-c4ccc5c(c4)OCO5)n3)n2C)ccc1Cl. The summed E-state index contributed by atoms with van der Waals surface area (Å²) in [7, 11) is 1.95. The normalized spacial score (nSPS) is 13.3. The van der Waals surface area contributed by atoms with E-state index in [1.807, 2.05) is 61.9 Å². The van der Waals surface area contributed by atoms with Gasteiger partial charge in [-0.05, 0) is 55.8 Å². The lowest BCUT2D eigenvalue weighted by atomic mass is 10.2. The van der Waals surface area contributed by atoms with Gasteiger partial charge in [-0.25, -0.2) is 4.98 Å². The van der Waals surface area contributed by atoms with Gasteiger partial charge in [-0.1, -0.05) is 23.4 Å². The zero-order valence-corrected chi connectivity index (χ0v) is 20.6. The zero-order chi connectivity index (χ0) is 22.9. The predicted octanol–water partition coefficient (Wildman–Crippen LogP) is 6.06. The number of thiazole rings is 1. The van der Waals surface area contributed by atoms with E-state index in [9.17, 15) is 0 Å². The van der Waals surface area contributed by atoms with Gasteiger partial charge in [0.25, 0.3) is 0 Å². The second kappa shape index (κ2) is 9.24. The van der Waals surface area contributed by atoms with Crippen LogP contribution >= 0.6 is 34.7 Å². The number of hydrogen-bond donors (Lipinski definition) is 0. The molecular formula is C23H21ClN4O3S2. The smallest absolute Gasteiger partial charge is 0.231 e. The van der Waals surface area contributed by atoms with E-state index < -0.39 is 0 Å². The summed E-state index contributed by atoms with van der Waals surface area (Å²) in [5.41, 5.74) is 2.98. The maximum absolute atomic E-state index is 6.11. The summed E-state index contributed by atoms with van der Waals surface area (Å²) in [6.45, 7) is 4.18. The number of fused-ring (bicyclic) bond motifs is 1. The number of thioether (sulfide) groups is 1. The highest BCUT2D eigenvalue weighted by Gasteiger charge is 2.19. The zero-order valence-electron chi connectivity index (χ0n) is 18.2. The van der Waals surface area contributed by atoms with Crippen molar-refractivity contribution in [3.8, 4) is 27.8 Å². The molecule has 0 N–H and O–H groups in total. The summed E-state index contributed by atoms with van der Waals surface area (Å²) in [6, 6.07) is 11.5. The van der Waals surface area contributed by atoms with Crippen LogP contribution in [0.4, 0.5) is 0 Å². The number of halogens is 1. The third-order valence-electron chi connectivity index (χ3n) is 5.19. The number of nitrogens with zero attached hydrogens (tertiary/aromatic N) is 4. The molecule has 0 saturated carbocycles. The molecule has 1 atom stereocenters. The van der Waals surface area contributed by atoms with E-state index in [1.165, 1.54) is 0 Å². The van der Waals surface area contributed by atoms with Gasteiger partial charge in [-0.15, -0.1) is 21.5 Å². The molecule has 1 aliphatic rings. The van der Waals surface area contributed by atoms with Crippen LogP contribution in [0, 0.1) is 6.92 Å². The molecule has 0 amide bonds. The van der Waals surface area contributed by atoms with Gasteiger partial charge in [-0.3, -0.25) is 0 Å². The molecule has 3 heterocycles. The Labute approximate surface area is 204 Å². The summed E-state index contributed by atoms with van der Waals surface area (Å²) >= 11 is 9.31. The van der Waals surface area contributed by atoms with Crippen LogP contribution in [0.2, 0.25) is 5.02 Å². The highest BCUT2D eigenvalue weighted by atomic mass is 35.5. The van der Waals surface area contributed by atoms with Crippen molar-refractivity contribution >= 4 is 34.7 Å². The van der Waals surface area contributed by atoms with Crippen LogP contribution in [-0.2, 0) is 12.8 Å². The van der Waals surface area contributed by atoms with Crippen LogP contribution in [-0.4, -0.2) is 26.5 Å². The molecule has 0 bridgehead atoms. The predicted molar refractivity (Wildman–Crippen MR) is 129 cm³/mol. The summed E-state index contributed by atoms with van der Waals surface area (Å²) in [4.78, 5) is 4.77. The van der Waals surface area contributed by atoms with Crippen molar-refractivity contribution in [2.75, 3.05) is 6.79 Å². The Kier molecular flexibility index (Phi) is 6.18. The molecule has 2 aromatic carbocycles. The Morgan fingerprint density at radius 3 is 2.88 bits per heavy atom. The van der Waals surface area contributed by atoms with Crippen molar-refractivity contribution in [1.29, 1.82) is 0 Å². The molecule has 1 aliphatic heterocycles. The molecule has 0 aliphatic carbocycles. The van der Waals surface area contributed by atoms with Crippen molar-refractivity contribution in [2.45, 2.75) is 30.9 Å². The van der Waals surface area contributed by atoms with Crippen molar-refractivity contribution in [1.82, 2.24) is 19.7 Å². The summed E-state index contributed by atoms with van der Waals surface area (Å²) < 4.78 is 18.9. The lowest BCUT2D eigenvalue weighted by Crippen LogP contribution is -2.10. The second-order valence-corrected chi connectivity index (χ2v) is 9.78. The lowest BCUT2D eigenvalue weighted by molar-refractivity contribution is 0.174. The molecule has 2 aromatic heterocycles. The fourth-order valence-electron chi connectivity index (χ4n) is 3.43. The van der Waals surface area contributed by atoms with Gasteiger partial charge < -0.3 is 18.8 Å². The van der Waals surface area contributed by atoms with Crippen molar-refractivity contribution in [3.63, 3.8) is 0 Å². The number of aryl methyl sites for hydroxylation is 1. The Morgan fingerprint density at radius 2 is 2.03 bits per heavy atom. The molecule has 170 valence electrons. The molecule has 4 aromatic rings. The first-order chi connectivity index (χ1) is 16.0. The highest BCUT2D eigenvalue weighted by molar-refractivity contribution is 7.98. The molecule has 0 radical (unpaired) electrons. The highest BCUT2D eigenvalue weighted by Crippen LogP contribution is 2.37. The lowest BCUT2D eigenvalue weighted by Gasteiger charge is -2.15. The van der Waals surface area contributed by atoms with Crippen LogP contribution in [0.1, 0.15) is 30.1 Å². The molecule has 0 spiro atoms. The topological polar surface area (TPSA) is 71.3 Å². The maximum Gasteiger partial charge on any atom is 0.231 e. The van der Waals surface area contributed by atoms with Gasteiger partial charge in [0.15, 0.2) is 28.6 Å². The van der Waals surface area contributed by atoms with Gasteiger partial charge >= 0.3 is 0 Å². The minimum Gasteiger partial charge on any atom is -0.483 e. The van der Waals surface area contributed by atoms with Gasteiger partial charge in [0.2, 0.25) is 6.79 Å². The van der Waals surface area contributed by atoms with Gasteiger partial charge in [0.1, 0.15) is 10.8 Å². The Bertz CT molecular complexity index is 1310. The van der Waals surface area contributed by atoms with Crippen LogP contribution in [0.3, 0.4) is 0 Å². The van der Waals surface area contributed by atoms with Crippen LogP contribution in [0.25, 0.3) is 10.6 Å². The average molecular weight is 501 g/mol. The minimum absolute atomic E-state index is 0.255. The molecule has 10 heteroatoms. The van der Waals surface area contributed by atoms with Gasteiger partial charge in [-0.2, -0.15) is 0 Å². The molecule has 1 unspecified atom stereocenters. The van der Waals surface area contributed by atoms with E-state index in [4.69, 9.17) is 30.8 Å². The van der Waals surface area contributed by atoms with Crippen LogP contribution in [0.5, 0.6) is 17.2 Å². The monoisotopic (exact) mass is 500 g/mol. The number of ether oxygens (including phenoxy) is 3. The number of rotatable bonds is 7. The molecule has 0 fully saturated rings. The minimum atomic E-state index is -0.255. The first-order valence-electron chi connectivity index (χ1n) is 10.3. The molecule has 0 saturated heterocycles. The first kappa shape index (κ1) is 22.1. The largest absolute Gasteiger partial charge is 0.483 e. The Balaban J connectivity index is 1.23. The van der Waals surface area contributed by atoms with Crippen LogP contribution in [0.15, 0.2) is 46.9 Å². The van der Waals surface area contributed by atoms with Crippen molar-refractivity contribution in [2.24, 2.45) is 7.05 Å². The van der Waals surface area contributed by atoms with Crippen molar-refractivity contribution in [3.05, 3.63) is 63.9 Å². The van der Waals surface area contributed by atoms with E-state index in [1.54, 1.807) is 23.1 Å². The van der Waals surface area contributed by atoms with E-state index in [0.717, 1.165) is 55.1 Å². The Morgan fingerprint density at radius 1 is 1.18 bits per heavy atom. The summed E-state index contributed by atoms with van der Waals surface area (Å²) in [6.07, 6.45) is -0.255. The third kappa shape index (κ3) is 4.66. The number of hydrogen-bond acceptors (Lipinski definition) is 8. The third-order valence-corrected chi connectivity index (χ3v) is 7.61. The fourth-order valence-corrected chi connectivity index (χ4v) is 5.28. The van der Waals surface area contributed by atoms with Crippen molar-refractivity contribution < 1.29 is 14.2 Å². The van der Waals surface area contributed by atoms with Crippen LogP contribution < -0.4 is 14.2 Å². The number of benzene rings is 2. The first-order valence-corrected chi connectivity index (χ1v) is 12.5. The van der Waals surface area contributed by atoms with E-state index in [0.29, 0.717) is 5.75 Å². The van der Waals surface area contributed by atoms with E-state index in [2.05, 4.69) is 15.6 Å². The second-order valence-electron chi connectivity index (χ2n) is 7.57. The fraction of sp³-hybridized carbons (Fsp3) is 0.261. The van der Waals surface area contributed by atoms with Gasteiger partial charge in [0, 0.05) is 28.8 Å². The van der Waals surface area contributed by atoms with E-state index >= 15 is 0 Å². The molecular weight excluding hydrogens is 480 g/mol. The average Bonchev–Trinajstić information content (AvgIpc) is 3.54. The maximum atomic E-state index is 6.11. The molecule has 33 heavy (non-hydrogen) atoms. The quantitative estimate of drug-likeness (QED) is 0.285. The summed E-state index contributed by atoms with van der Waals surface area (Å²) in [5, 5.41) is 13.2. The molecule has 7 nitrogen and oxygen atoms in total.